The molecule has 0 aliphatic rings. The number of hydrogen-bond acceptors (Lipinski definition) is 3. The summed E-state index contributed by atoms with van der Waals surface area (Å²) in [4.78, 5) is 31.1. The molecule has 156 valence electrons. The first kappa shape index (κ1) is 21.6. The number of aromatic nitrogens is 2. The molecular formula is C23H25ClN4O2. The average molecular weight is 425 g/mol. The molecule has 0 bridgehead atoms. The Labute approximate surface area is 181 Å². The quantitative estimate of drug-likeness (QED) is 0.593. The van der Waals surface area contributed by atoms with Crippen molar-refractivity contribution in [2.24, 2.45) is 0 Å². The molecule has 7 heteroatoms. The van der Waals surface area contributed by atoms with E-state index in [2.05, 4.69) is 10.3 Å². The SMILES string of the molecule is CCC(=O)N(CC(=O)Nc1nc(-c2ccccc2)cn1-c1cccc(Cl)c1)C(C)C. The minimum Gasteiger partial charge on any atom is -0.331 e. The number of anilines is 1. The van der Waals surface area contributed by atoms with Crippen LogP contribution < -0.4 is 5.32 Å². The third-order valence-corrected chi connectivity index (χ3v) is 4.91. The molecule has 2 amide bonds. The summed E-state index contributed by atoms with van der Waals surface area (Å²) in [7, 11) is 0. The molecule has 0 unspecified atom stereocenters. The van der Waals surface area contributed by atoms with E-state index in [-0.39, 0.29) is 24.4 Å². The van der Waals surface area contributed by atoms with Gasteiger partial charge in [0.2, 0.25) is 17.8 Å². The predicted octanol–water partition coefficient (Wildman–Crippen LogP) is 4.78. The summed E-state index contributed by atoms with van der Waals surface area (Å²) in [6.07, 6.45) is 2.20. The van der Waals surface area contributed by atoms with Crippen molar-refractivity contribution in [3.05, 3.63) is 65.8 Å². The van der Waals surface area contributed by atoms with Crippen molar-refractivity contribution in [3.63, 3.8) is 0 Å². The highest BCUT2D eigenvalue weighted by Crippen LogP contribution is 2.25. The number of halogens is 1. The number of carbonyl (C=O) groups excluding carboxylic acids is 2. The van der Waals surface area contributed by atoms with Crippen LogP contribution in [-0.4, -0.2) is 38.9 Å². The van der Waals surface area contributed by atoms with Crippen LogP contribution in [0.1, 0.15) is 27.2 Å². The molecule has 2 aromatic carbocycles. The van der Waals surface area contributed by atoms with E-state index in [1.807, 2.05) is 62.5 Å². The molecule has 30 heavy (non-hydrogen) atoms. The molecule has 3 rings (SSSR count). The molecule has 0 spiro atoms. The first-order chi connectivity index (χ1) is 14.4. The highest BCUT2D eigenvalue weighted by atomic mass is 35.5. The fourth-order valence-electron chi connectivity index (χ4n) is 3.12. The van der Waals surface area contributed by atoms with Crippen LogP contribution in [0, 0.1) is 0 Å². The maximum atomic E-state index is 12.8. The smallest absolute Gasteiger partial charge is 0.246 e. The third kappa shape index (κ3) is 5.07. The van der Waals surface area contributed by atoms with Gasteiger partial charge in [0.25, 0.3) is 0 Å². The molecule has 6 nitrogen and oxygen atoms in total. The minimum absolute atomic E-state index is 0.0343. The van der Waals surface area contributed by atoms with Crippen molar-refractivity contribution in [2.75, 3.05) is 11.9 Å². The Kier molecular flexibility index (Phi) is 6.90. The van der Waals surface area contributed by atoms with Crippen molar-refractivity contribution in [1.29, 1.82) is 0 Å². The lowest BCUT2D eigenvalue weighted by Crippen LogP contribution is -2.42. The fourth-order valence-corrected chi connectivity index (χ4v) is 3.30. The van der Waals surface area contributed by atoms with Crippen molar-refractivity contribution >= 4 is 29.4 Å². The monoisotopic (exact) mass is 424 g/mol. The van der Waals surface area contributed by atoms with Gasteiger partial charge in [-0.3, -0.25) is 19.5 Å². The molecule has 0 aliphatic carbocycles. The van der Waals surface area contributed by atoms with E-state index in [4.69, 9.17) is 11.6 Å². The average Bonchev–Trinajstić information content (AvgIpc) is 3.15. The van der Waals surface area contributed by atoms with Gasteiger partial charge in [0.1, 0.15) is 6.54 Å². The lowest BCUT2D eigenvalue weighted by Gasteiger charge is -2.25. The van der Waals surface area contributed by atoms with E-state index in [1.165, 1.54) is 0 Å². The van der Waals surface area contributed by atoms with Gasteiger partial charge in [-0.2, -0.15) is 0 Å². The topological polar surface area (TPSA) is 67.2 Å². The van der Waals surface area contributed by atoms with E-state index < -0.39 is 0 Å². The number of amides is 2. The first-order valence-corrected chi connectivity index (χ1v) is 10.3. The van der Waals surface area contributed by atoms with E-state index in [1.54, 1.807) is 28.5 Å². The van der Waals surface area contributed by atoms with Crippen LogP contribution in [0.2, 0.25) is 5.02 Å². The summed E-state index contributed by atoms with van der Waals surface area (Å²) in [5, 5.41) is 3.44. The Bertz CT molecular complexity index is 1030. The fraction of sp³-hybridized carbons (Fsp3) is 0.261. The van der Waals surface area contributed by atoms with Gasteiger partial charge in [-0.05, 0) is 32.0 Å². The van der Waals surface area contributed by atoms with Gasteiger partial charge in [0.15, 0.2) is 0 Å². The van der Waals surface area contributed by atoms with Crippen molar-refractivity contribution in [2.45, 2.75) is 33.2 Å². The Morgan fingerprint density at radius 3 is 2.50 bits per heavy atom. The summed E-state index contributed by atoms with van der Waals surface area (Å²) in [6.45, 7) is 5.53. The normalized spacial score (nSPS) is 10.8. The van der Waals surface area contributed by atoms with Gasteiger partial charge in [-0.1, -0.05) is 54.9 Å². The van der Waals surface area contributed by atoms with Crippen LogP contribution in [0.3, 0.4) is 0 Å². The zero-order chi connectivity index (χ0) is 21.7. The zero-order valence-corrected chi connectivity index (χ0v) is 18.1. The van der Waals surface area contributed by atoms with E-state index in [0.717, 1.165) is 16.9 Å². The van der Waals surface area contributed by atoms with Crippen LogP contribution in [0.25, 0.3) is 16.9 Å². The molecule has 0 atom stereocenters. The second-order valence-corrected chi connectivity index (χ2v) is 7.62. The summed E-state index contributed by atoms with van der Waals surface area (Å²) in [5.74, 6) is -0.00364. The van der Waals surface area contributed by atoms with Crippen LogP contribution in [0.15, 0.2) is 60.8 Å². The number of imidazole rings is 1. The first-order valence-electron chi connectivity index (χ1n) is 9.89. The summed E-state index contributed by atoms with van der Waals surface area (Å²) >= 11 is 6.17. The molecule has 1 N–H and O–H groups in total. The van der Waals surface area contributed by atoms with Crippen molar-refractivity contribution in [3.8, 4) is 16.9 Å². The van der Waals surface area contributed by atoms with Crippen LogP contribution >= 0.6 is 11.6 Å². The number of nitrogens with zero attached hydrogens (tertiary/aromatic N) is 3. The molecule has 0 aliphatic heterocycles. The molecule has 1 heterocycles. The predicted molar refractivity (Wildman–Crippen MR) is 120 cm³/mol. The van der Waals surface area contributed by atoms with E-state index in [9.17, 15) is 9.59 Å². The number of hydrogen-bond donors (Lipinski definition) is 1. The lowest BCUT2D eigenvalue weighted by atomic mass is 10.2. The van der Waals surface area contributed by atoms with Crippen LogP contribution in [-0.2, 0) is 9.59 Å². The Morgan fingerprint density at radius 2 is 1.87 bits per heavy atom. The molecule has 3 aromatic rings. The molecule has 0 saturated carbocycles. The van der Waals surface area contributed by atoms with Gasteiger partial charge >= 0.3 is 0 Å². The molecule has 0 saturated heterocycles. The number of nitrogens with one attached hydrogen (secondary N) is 1. The third-order valence-electron chi connectivity index (χ3n) is 4.67. The minimum atomic E-state index is -0.306. The maximum Gasteiger partial charge on any atom is 0.246 e. The van der Waals surface area contributed by atoms with Crippen molar-refractivity contribution in [1.82, 2.24) is 14.5 Å². The van der Waals surface area contributed by atoms with Gasteiger partial charge in [-0.25, -0.2) is 4.98 Å². The molecule has 0 radical (unpaired) electrons. The molecule has 1 aromatic heterocycles. The summed E-state index contributed by atoms with van der Waals surface area (Å²) in [5.41, 5.74) is 2.42. The maximum absolute atomic E-state index is 12.8. The number of rotatable bonds is 7. The Balaban J connectivity index is 1.93. The molecule has 0 fully saturated rings. The highest BCUT2D eigenvalue weighted by molar-refractivity contribution is 6.30. The van der Waals surface area contributed by atoms with Gasteiger partial charge < -0.3 is 4.90 Å². The Morgan fingerprint density at radius 1 is 1.13 bits per heavy atom. The van der Waals surface area contributed by atoms with Gasteiger partial charge in [0, 0.05) is 34.9 Å². The number of benzene rings is 2. The Hall–Kier alpha value is -3.12. The van der Waals surface area contributed by atoms with E-state index in [0.29, 0.717) is 17.4 Å². The van der Waals surface area contributed by atoms with Gasteiger partial charge in [-0.15, -0.1) is 0 Å². The zero-order valence-electron chi connectivity index (χ0n) is 17.3. The second kappa shape index (κ2) is 9.59. The summed E-state index contributed by atoms with van der Waals surface area (Å²) in [6, 6.07) is 17.0. The number of carbonyl (C=O) groups is 2. The largest absolute Gasteiger partial charge is 0.331 e. The lowest BCUT2D eigenvalue weighted by molar-refractivity contribution is -0.136. The second-order valence-electron chi connectivity index (χ2n) is 7.18. The van der Waals surface area contributed by atoms with Crippen molar-refractivity contribution < 1.29 is 9.59 Å². The highest BCUT2D eigenvalue weighted by Gasteiger charge is 2.20. The standard InChI is InChI=1S/C23H25ClN4O2/c1-4-22(30)27(16(2)3)15-21(29)26-23-25-20(17-9-6-5-7-10-17)14-28(23)19-12-8-11-18(24)13-19/h5-14,16H,4,15H2,1-3H3,(H,25,26,29). The summed E-state index contributed by atoms with van der Waals surface area (Å²) < 4.78 is 1.79. The molecular weight excluding hydrogens is 400 g/mol. The van der Waals surface area contributed by atoms with Crippen LogP contribution in [0.5, 0.6) is 0 Å². The van der Waals surface area contributed by atoms with E-state index >= 15 is 0 Å². The van der Waals surface area contributed by atoms with Gasteiger partial charge in [0.05, 0.1) is 5.69 Å². The van der Waals surface area contributed by atoms with Crippen LogP contribution in [0.4, 0.5) is 5.95 Å².